The maximum atomic E-state index is 12.7. The van der Waals surface area contributed by atoms with E-state index in [4.69, 9.17) is 5.73 Å². The number of carbonyl (C=O) groups excluding carboxylic acids is 1. The number of carbonyl (C=O) groups is 1. The fraction of sp³-hybridized carbons (Fsp3) is 0.500. The van der Waals surface area contributed by atoms with Crippen LogP contribution in [0.25, 0.3) is 5.69 Å². The molecule has 0 radical (unpaired) electrons. The van der Waals surface area contributed by atoms with Crippen LogP contribution in [0, 0.1) is 17.8 Å². The molecule has 6 heteroatoms. The quantitative estimate of drug-likeness (QED) is 0.898. The predicted molar refractivity (Wildman–Crippen MR) is 90.2 cm³/mol. The molecule has 2 fully saturated rings. The lowest BCUT2D eigenvalue weighted by atomic mass is 9.84. The Morgan fingerprint density at radius 2 is 2.04 bits per heavy atom. The van der Waals surface area contributed by atoms with Gasteiger partial charge in [0.05, 0.1) is 17.6 Å². The first-order valence-corrected chi connectivity index (χ1v) is 8.64. The number of rotatable bonds is 4. The second-order valence-corrected chi connectivity index (χ2v) is 7.10. The Labute approximate surface area is 141 Å². The van der Waals surface area contributed by atoms with Gasteiger partial charge in [-0.1, -0.05) is 12.1 Å². The second kappa shape index (κ2) is 6.02. The predicted octanol–water partition coefficient (Wildman–Crippen LogP) is 1.82. The van der Waals surface area contributed by atoms with Gasteiger partial charge in [0.25, 0.3) is 0 Å². The molecule has 4 rings (SSSR count). The number of nitrogens with one attached hydrogen (secondary N) is 1. The minimum atomic E-state index is -0.0337. The number of nitrogens with two attached hydrogens (primary N) is 1. The van der Waals surface area contributed by atoms with Crippen LogP contribution in [0.4, 0.5) is 0 Å². The zero-order valence-corrected chi connectivity index (χ0v) is 13.8. The summed E-state index contributed by atoms with van der Waals surface area (Å²) in [4.78, 5) is 16.6. The molecule has 24 heavy (non-hydrogen) atoms. The van der Waals surface area contributed by atoms with Crippen molar-refractivity contribution in [1.29, 1.82) is 0 Å². The van der Waals surface area contributed by atoms with Gasteiger partial charge in [0, 0.05) is 6.04 Å². The van der Waals surface area contributed by atoms with Crippen molar-refractivity contribution >= 4 is 5.91 Å². The van der Waals surface area contributed by atoms with Crippen LogP contribution in [0.3, 0.4) is 0 Å². The van der Waals surface area contributed by atoms with Gasteiger partial charge in [-0.15, -0.1) is 0 Å². The van der Waals surface area contributed by atoms with Crippen LogP contribution in [-0.2, 0) is 4.79 Å². The number of amides is 1. The molecule has 2 aliphatic rings. The highest BCUT2D eigenvalue weighted by atomic mass is 16.2. The zero-order chi connectivity index (χ0) is 16.7. The van der Waals surface area contributed by atoms with E-state index in [1.807, 2.05) is 31.2 Å². The van der Waals surface area contributed by atoms with Crippen LogP contribution in [0.1, 0.15) is 37.8 Å². The normalized spacial score (nSPS) is 29.6. The highest BCUT2D eigenvalue weighted by Gasteiger charge is 2.49. The molecule has 3 N–H and O–H groups in total. The molecular formula is C18H23N5O. The molecule has 126 valence electrons. The van der Waals surface area contributed by atoms with Gasteiger partial charge in [-0.25, -0.2) is 9.67 Å². The lowest BCUT2D eigenvalue weighted by molar-refractivity contribution is -0.127. The van der Waals surface area contributed by atoms with Gasteiger partial charge in [-0.3, -0.25) is 4.79 Å². The van der Waals surface area contributed by atoms with Crippen LogP contribution in [0.2, 0.25) is 0 Å². The van der Waals surface area contributed by atoms with E-state index in [0.717, 1.165) is 24.1 Å². The molecule has 2 saturated carbocycles. The van der Waals surface area contributed by atoms with Gasteiger partial charge in [-0.2, -0.15) is 5.10 Å². The highest BCUT2D eigenvalue weighted by Crippen LogP contribution is 2.47. The fourth-order valence-corrected chi connectivity index (χ4v) is 4.38. The number of hydrogen-bond acceptors (Lipinski definition) is 4. The molecule has 0 aliphatic heterocycles. The summed E-state index contributed by atoms with van der Waals surface area (Å²) in [5.41, 5.74) is 8.30. The van der Waals surface area contributed by atoms with Crippen molar-refractivity contribution in [3.8, 4) is 5.69 Å². The summed E-state index contributed by atoms with van der Waals surface area (Å²) in [6.45, 7) is 2.01. The molecule has 0 spiro atoms. The minimum Gasteiger partial charge on any atom is -0.349 e. The van der Waals surface area contributed by atoms with Crippen LogP contribution in [0.5, 0.6) is 0 Å². The van der Waals surface area contributed by atoms with Crippen molar-refractivity contribution < 1.29 is 4.79 Å². The molecule has 1 aromatic carbocycles. The molecule has 5 unspecified atom stereocenters. The number of nitrogens with zero attached hydrogens (tertiary/aromatic N) is 3. The van der Waals surface area contributed by atoms with Gasteiger partial charge >= 0.3 is 0 Å². The van der Waals surface area contributed by atoms with Crippen molar-refractivity contribution in [3.05, 3.63) is 42.5 Å². The monoisotopic (exact) mass is 325 g/mol. The topological polar surface area (TPSA) is 85.8 Å². The molecule has 2 aliphatic carbocycles. The van der Waals surface area contributed by atoms with E-state index in [0.29, 0.717) is 11.8 Å². The smallest absolute Gasteiger partial charge is 0.225 e. The highest BCUT2D eigenvalue weighted by molar-refractivity contribution is 5.80. The fourth-order valence-electron chi connectivity index (χ4n) is 4.38. The Kier molecular flexibility index (Phi) is 3.84. The largest absolute Gasteiger partial charge is 0.349 e. The molecule has 0 saturated heterocycles. The Bertz CT molecular complexity index is 710. The molecular weight excluding hydrogens is 302 g/mol. The molecule has 1 aromatic heterocycles. The summed E-state index contributed by atoms with van der Waals surface area (Å²) < 4.78 is 1.71. The average molecular weight is 325 g/mol. The van der Waals surface area contributed by atoms with Crippen LogP contribution < -0.4 is 11.1 Å². The third-order valence-electron chi connectivity index (χ3n) is 5.72. The van der Waals surface area contributed by atoms with E-state index in [9.17, 15) is 4.79 Å². The van der Waals surface area contributed by atoms with Crippen molar-refractivity contribution in [1.82, 2.24) is 20.1 Å². The first-order chi connectivity index (χ1) is 11.6. The van der Waals surface area contributed by atoms with Gasteiger partial charge in [0.2, 0.25) is 5.91 Å². The van der Waals surface area contributed by atoms with Crippen molar-refractivity contribution in [2.24, 2.45) is 23.5 Å². The van der Waals surface area contributed by atoms with Gasteiger partial charge < -0.3 is 11.1 Å². The van der Waals surface area contributed by atoms with Crippen LogP contribution >= 0.6 is 0 Å². The lowest BCUT2D eigenvalue weighted by Gasteiger charge is -2.28. The second-order valence-electron chi connectivity index (χ2n) is 7.10. The maximum Gasteiger partial charge on any atom is 0.225 e. The zero-order valence-electron chi connectivity index (χ0n) is 13.8. The SMILES string of the molecule is CC(NC(=O)C1C2CCC(C2)C1N)c1ccc(-n2cncn2)cc1. The lowest BCUT2D eigenvalue weighted by Crippen LogP contribution is -2.45. The molecule has 2 aromatic rings. The average Bonchev–Trinajstić information content (AvgIpc) is 3.32. The van der Waals surface area contributed by atoms with Crippen LogP contribution in [0.15, 0.2) is 36.9 Å². The Balaban J connectivity index is 1.42. The van der Waals surface area contributed by atoms with E-state index < -0.39 is 0 Å². The summed E-state index contributed by atoms with van der Waals surface area (Å²) in [6.07, 6.45) is 6.64. The molecule has 6 nitrogen and oxygen atoms in total. The summed E-state index contributed by atoms with van der Waals surface area (Å²) in [7, 11) is 0. The molecule has 5 atom stereocenters. The summed E-state index contributed by atoms with van der Waals surface area (Å²) in [5, 5.41) is 7.27. The standard InChI is InChI=1S/C18H23N5O/c1-11(12-4-6-15(7-5-12)23-10-20-9-21-23)22-18(24)16-13-2-3-14(8-13)17(16)19/h4-7,9-11,13-14,16-17H,2-3,8,19H2,1H3,(H,22,24). The van der Waals surface area contributed by atoms with E-state index in [-0.39, 0.29) is 23.9 Å². The maximum absolute atomic E-state index is 12.7. The molecule has 2 bridgehead atoms. The summed E-state index contributed by atoms with van der Waals surface area (Å²) >= 11 is 0. The third kappa shape index (κ3) is 2.60. The Hall–Kier alpha value is -2.21. The Morgan fingerprint density at radius 3 is 2.67 bits per heavy atom. The summed E-state index contributed by atoms with van der Waals surface area (Å²) in [5.74, 6) is 1.12. The summed E-state index contributed by atoms with van der Waals surface area (Å²) in [6, 6.07) is 8.00. The number of fused-ring (bicyclic) bond motifs is 2. The Morgan fingerprint density at radius 1 is 1.29 bits per heavy atom. The molecule has 1 amide bonds. The van der Waals surface area contributed by atoms with E-state index in [1.54, 1.807) is 11.0 Å². The van der Waals surface area contributed by atoms with Crippen LogP contribution in [-0.4, -0.2) is 26.7 Å². The van der Waals surface area contributed by atoms with Crippen molar-refractivity contribution in [3.63, 3.8) is 0 Å². The van der Waals surface area contributed by atoms with E-state index in [2.05, 4.69) is 15.4 Å². The number of benzene rings is 1. The number of aromatic nitrogens is 3. The molecule has 1 heterocycles. The van der Waals surface area contributed by atoms with Crippen molar-refractivity contribution in [2.45, 2.75) is 38.3 Å². The van der Waals surface area contributed by atoms with Gasteiger partial charge in [0.15, 0.2) is 0 Å². The minimum absolute atomic E-state index is 0.0133. The first-order valence-electron chi connectivity index (χ1n) is 8.64. The van der Waals surface area contributed by atoms with Gasteiger partial charge in [0.1, 0.15) is 12.7 Å². The van der Waals surface area contributed by atoms with E-state index >= 15 is 0 Å². The first kappa shape index (κ1) is 15.3. The third-order valence-corrected chi connectivity index (χ3v) is 5.72. The van der Waals surface area contributed by atoms with E-state index in [1.165, 1.54) is 12.7 Å². The van der Waals surface area contributed by atoms with Gasteiger partial charge in [-0.05, 0) is 55.7 Å². The van der Waals surface area contributed by atoms with Crippen molar-refractivity contribution in [2.75, 3.05) is 0 Å². The number of hydrogen-bond donors (Lipinski definition) is 2.